The molecule has 0 fully saturated rings. The van der Waals surface area contributed by atoms with Crippen molar-refractivity contribution in [2.45, 2.75) is 12.3 Å². The highest BCUT2D eigenvalue weighted by Crippen LogP contribution is 2.23. The van der Waals surface area contributed by atoms with Gasteiger partial charge in [-0.15, -0.1) is 22.9 Å². The predicted octanol–water partition coefficient (Wildman–Crippen LogP) is 3.21. The van der Waals surface area contributed by atoms with E-state index < -0.39 is 5.38 Å². The topological polar surface area (TPSA) is 17.1 Å². The maximum absolute atomic E-state index is 11.2. The first-order valence-electron chi connectivity index (χ1n) is 3.05. The molecule has 0 amide bonds. The van der Waals surface area contributed by atoms with E-state index in [1.165, 1.54) is 11.3 Å². The van der Waals surface area contributed by atoms with E-state index in [1.807, 2.05) is 0 Å². The number of carbonyl (C=O) groups is 1. The highest BCUT2D eigenvalue weighted by Gasteiger charge is 2.13. The summed E-state index contributed by atoms with van der Waals surface area (Å²) in [5.74, 6) is -0.0661. The van der Waals surface area contributed by atoms with Crippen molar-refractivity contribution in [2.75, 3.05) is 0 Å². The lowest BCUT2D eigenvalue weighted by Crippen LogP contribution is -2.07. The van der Waals surface area contributed by atoms with Crippen LogP contribution < -0.4 is 0 Å². The smallest absolute Gasteiger partial charge is 0.190 e. The van der Waals surface area contributed by atoms with Gasteiger partial charge in [0.2, 0.25) is 0 Å². The van der Waals surface area contributed by atoms with Crippen molar-refractivity contribution in [2.24, 2.45) is 0 Å². The number of rotatable bonds is 2. The summed E-state index contributed by atoms with van der Waals surface area (Å²) in [4.78, 5) is 11.8. The zero-order valence-corrected chi connectivity index (χ0v) is 8.13. The summed E-state index contributed by atoms with van der Waals surface area (Å²) in [6.45, 7) is 1.65. The molecule has 0 aliphatic carbocycles. The highest BCUT2D eigenvalue weighted by molar-refractivity contribution is 7.18. The molecule has 0 saturated heterocycles. The summed E-state index contributed by atoms with van der Waals surface area (Å²) < 4.78 is 0.616. The summed E-state index contributed by atoms with van der Waals surface area (Å²) in [5.41, 5.74) is 0. The Morgan fingerprint density at radius 1 is 1.64 bits per heavy atom. The van der Waals surface area contributed by atoms with Gasteiger partial charge in [-0.1, -0.05) is 11.6 Å². The van der Waals surface area contributed by atoms with E-state index in [4.69, 9.17) is 23.2 Å². The molecule has 60 valence electrons. The van der Waals surface area contributed by atoms with E-state index in [-0.39, 0.29) is 5.78 Å². The molecule has 1 rings (SSSR count). The lowest BCUT2D eigenvalue weighted by Gasteiger charge is -1.96. The molecule has 0 aliphatic rings. The maximum atomic E-state index is 11.2. The van der Waals surface area contributed by atoms with Crippen LogP contribution in [-0.2, 0) is 0 Å². The van der Waals surface area contributed by atoms with Crippen molar-refractivity contribution >= 4 is 40.3 Å². The van der Waals surface area contributed by atoms with Crippen LogP contribution >= 0.6 is 34.5 Å². The largest absolute Gasteiger partial charge is 0.292 e. The lowest BCUT2D eigenvalue weighted by atomic mass is 10.2. The minimum atomic E-state index is -0.468. The molecule has 0 unspecified atom stereocenters. The van der Waals surface area contributed by atoms with Crippen molar-refractivity contribution in [3.05, 3.63) is 21.3 Å². The van der Waals surface area contributed by atoms with Gasteiger partial charge < -0.3 is 0 Å². The summed E-state index contributed by atoms with van der Waals surface area (Å²) in [6, 6.07) is 3.38. The van der Waals surface area contributed by atoms with Gasteiger partial charge in [-0.3, -0.25) is 4.79 Å². The van der Waals surface area contributed by atoms with Gasteiger partial charge in [0.15, 0.2) is 5.78 Å². The minimum absolute atomic E-state index is 0.0661. The van der Waals surface area contributed by atoms with E-state index in [9.17, 15) is 4.79 Å². The molecule has 4 heteroatoms. The number of thiophene rings is 1. The third kappa shape index (κ3) is 2.19. The van der Waals surface area contributed by atoms with Gasteiger partial charge in [-0.05, 0) is 19.1 Å². The fourth-order valence-corrected chi connectivity index (χ4v) is 1.90. The molecule has 1 aromatic rings. The average molecular weight is 209 g/mol. The van der Waals surface area contributed by atoms with E-state index in [0.29, 0.717) is 9.21 Å². The van der Waals surface area contributed by atoms with Crippen LogP contribution in [0.3, 0.4) is 0 Å². The number of halogens is 2. The minimum Gasteiger partial charge on any atom is -0.292 e. The normalized spacial score (nSPS) is 13.0. The van der Waals surface area contributed by atoms with E-state index in [0.717, 1.165) is 0 Å². The van der Waals surface area contributed by atoms with Crippen LogP contribution in [0.1, 0.15) is 16.6 Å². The number of ketones is 1. The van der Waals surface area contributed by atoms with Crippen LogP contribution in [0.5, 0.6) is 0 Å². The maximum Gasteiger partial charge on any atom is 0.190 e. The molecule has 0 radical (unpaired) electrons. The van der Waals surface area contributed by atoms with Gasteiger partial charge in [0.1, 0.15) is 0 Å². The summed E-state index contributed by atoms with van der Waals surface area (Å²) >= 11 is 12.5. The first-order chi connectivity index (χ1) is 5.11. The predicted molar refractivity (Wildman–Crippen MR) is 49.0 cm³/mol. The Balaban J connectivity index is 2.85. The van der Waals surface area contributed by atoms with Crippen LogP contribution in [0, 0.1) is 0 Å². The highest BCUT2D eigenvalue weighted by atomic mass is 35.5. The van der Waals surface area contributed by atoms with Gasteiger partial charge in [-0.2, -0.15) is 0 Å². The molecule has 0 spiro atoms. The summed E-state index contributed by atoms with van der Waals surface area (Å²) in [6.07, 6.45) is 0. The molecule has 0 saturated carbocycles. The molecule has 1 nitrogen and oxygen atoms in total. The molecule has 0 bridgehead atoms. The molecule has 1 aromatic heterocycles. The van der Waals surface area contributed by atoms with Gasteiger partial charge in [-0.25, -0.2) is 0 Å². The van der Waals surface area contributed by atoms with Crippen LogP contribution in [0.25, 0.3) is 0 Å². The first kappa shape index (κ1) is 9.04. The Bertz CT molecular complexity index is 267. The van der Waals surface area contributed by atoms with Crippen molar-refractivity contribution in [1.29, 1.82) is 0 Å². The summed E-state index contributed by atoms with van der Waals surface area (Å²) in [7, 11) is 0. The Morgan fingerprint density at radius 2 is 2.27 bits per heavy atom. The van der Waals surface area contributed by atoms with Crippen LogP contribution in [0.2, 0.25) is 4.34 Å². The van der Waals surface area contributed by atoms with Crippen molar-refractivity contribution in [3.8, 4) is 0 Å². The van der Waals surface area contributed by atoms with Gasteiger partial charge >= 0.3 is 0 Å². The monoisotopic (exact) mass is 208 g/mol. The number of carbonyl (C=O) groups excluding carboxylic acids is 1. The quantitative estimate of drug-likeness (QED) is 0.539. The van der Waals surface area contributed by atoms with Crippen LogP contribution in [-0.4, -0.2) is 11.2 Å². The molecule has 0 aliphatic heterocycles. The van der Waals surface area contributed by atoms with Gasteiger partial charge in [0, 0.05) is 0 Å². The molecule has 0 N–H and O–H groups in total. The van der Waals surface area contributed by atoms with E-state index in [1.54, 1.807) is 19.1 Å². The Hall–Kier alpha value is -0.0500. The number of hydrogen-bond donors (Lipinski definition) is 0. The Kier molecular flexibility index (Phi) is 2.93. The van der Waals surface area contributed by atoms with Crippen LogP contribution in [0.15, 0.2) is 12.1 Å². The number of Topliss-reactive ketones (excluding diaryl/α,β-unsaturated/α-hetero) is 1. The molecular formula is C7H6Cl2OS. The molecule has 0 aromatic carbocycles. The Morgan fingerprint density at radius 3 is 2.64 bits per heavy atom. The second kappa shape index (κ2) is 3.57. The fraction of sp³-hybridized carbons (Fsp3) is 0.286. The zero-order valence-electron chi connectivity index (χ0n) is 5.80. The third-order valence-electron chi connectivity index (χ3n) is 1.18. The first-order valence-corrected chi connectivity index (χ1v) is 4.68. The van der Waals surface area contributed by atoms with Crippen molar-refractivity contribution in [3.63, 3.8) is 0 Å². The molecular weight excluding hydrogens is 203 g/mol. The van der Waals surface area contributed by atoms with E-state index in [2.05, 4.69) is 0 Å². The molecule has 1 heterocycles. The van der Waals surface area contributed by atoms with Crippen molar-refractivity contribution in [1.82, 2.24) is 0 Å². The second-order valence-electron chi connectivity index (χ2n) is 2.08. The van der Waals surface area contributed by atoms with Crippen LogP contribution in [0.4, 0.5) is 0 Å². The number of hydrogen-bond acceptors (Lipinski definition) is 2. The van der Waals surface area contributed by atoms with Gasteiger partial charge in [0.25, 0.3) is 0 Å². The van der Waals surface area contributed by atoms with Gasteiger partial charge in [0.05, 0.1) is 14.6 Å². The molecule has 1 atom stereocenters. The second-order valence-corrected chi connectivity index (χ2v) is 4.45. The third-order valence-corrected chi connectivity index (χ3v) is 2.62. The Labute approximate surface area is 78.9 Å². The fourth-order valence-electron chi connectivity index (χ4n) is 0.643. The standard InChI is InChI=1S/C7H6Cl2OS/c1-4(8)7(10)5-2-3-6(9)11-5/h2-4H,1H3/t4-/m0/s1. The zero-order chi connectivity index (χ0) is 8.43. The SMILES string of the molecule is C[C@H](Cl)C(=O)c1ccc(Cl)s1. The van der Waals surface area contributed by atoms with E-state index >= 15 is 0 Å². The van der Waals surface area contributed by atoms with Crippen molar-refractivity contribution < 1.29 is 4.79 Å². The summed E-state index contributed by atoms with van der Waals surface area (Å²) in [5, 5.41) is -0.468. The molecule has 11 heavy (non-hydrogen) atoms. The lowest BCUT2D eigenvalue weighted by molar-refractivity contribution is 0.0995. The average Bonchev–Trinajstić information content (AvgIpc) is 2.34. The number of alkyl halides is 1.